The molecular weight excluding hydrogens is 478 g/mol. The van der Waals surface area contributed by atoms with Crippen LogP contribution in [-0.2, 0) is 22.9 Å². The highest BCUT2D eigenvalue weighted by Crippen LogP contribution is 2.25. The normalized spacial score (nSPS) is 11.4. The number of pyridine rings is 2. The van der Waals surface area contributed by atoms with Crippen molar-refractivity contribution in [2.24, 2.45) is 0 Å². The molecular formula is C25H25N7O3S. The van der Waals surface area contributed by atoms with E-state index >= 15 is 0 Å². The molecule has 4 rings (SSSR count). The number of nitriles is 1. The quantitative estimate of drug-likeness (QED) is 0.406. The van der Waals surface area contributed by atoms with Crippen molar-refractivity contribution in [2.45, 2.75) is 38.8 Å². The highest BCUT2D eigenvalue weighted by Gasteiger charge is 2.19. The number of fused-ring (bicyclic) bond motifs is 1. The monoisotopic (exact) mass is 503 g/mol. The number of benzene rings is 1. The lowest BCUT2D eigenvalue weighted by Gasteiger charge is -2.11. The summed E-state index contributed by atoms with van der Waals surface area (Å²) in [6, 6.07) is 8.93. The molecule has 1 aromatic carbocycles. The third-order valence-electron chi connectivity index (χ3n) is 5.80. The first-order valence-corrected chi connectivity index (χ1v) is 12.9. The smallest absolute Gasteiger partial charge is 0.256 e. The van der Waals surface area contributed by atoms with Crippen LogP contribution < -0.4 is 11.1 Å². The van der Waals surface area contributed by atoms with Crippen molar-refractivity contribution in [3.8, 4) is 6.07 Å². The van der Waals surface area contributed by atoms with Gasteiger partial charge in [-0.2, -0.15) is 10.4 Å². The Kier molecular flexibility index (Phi) is 6.47. The lowest BCUT2D eigenvalue weighted by atomic mass is 10.1. The minimum Gasteiger partial charge on any atom is -0.384 e. The van der Waals surface area contributed by atoms with Gasteiger partial charge in [0.05, 0.1) is 22.5 Å². The van der Waals surface area contributed by atoms with Crippen molar-refractivity contribution in [1.82, 2.24) is 25.1 Å². The molecule has 0 radical (unpaired) electrons. The number of hydrogen-bond acceptors (Lipinski definition) is 8. The Bertz CT molecular complexity index is 1640. The molecule has 3 aromatic heterocycles. The standard InChI is InChI=1S/C25H25N7O3S/c1-14-5-18-7-17(8-22(36(4,34)35)24(18)28-10-14)12-32-13-20(21(9-26)31-32)25(33)29-11-19-15(2)6-23(27)30-16(19)3/h5-8,10,13H,11-12H2,1-4H3,(H2,27,30)(H,29,33). The van der Waals surface area contributed by atoms with Crippen LogP contribution >= 0.6 is 0 Å². The number of anilines is 1. The van der Waals surface area contributed by atoms with Crippen LogP contribution in [0, 0.1) is 32.1 Å². The van der Waals surface area contributed by atoms with Gasteiger partial charge in [-0.1, -0.05) is 0 Å². The molecule has 184 valence electrons. The summed E-state index contributed by atoms with van der Waals surface area (Å²) in [4.78, 5) is 21.6. The van der Waals surface area contributed by atoms with Gasteiger partial charge >= 0.3 is 0 Å². The predicted molar refractivity (Wildman–Crippen MR) is 135 cm³/mol. The van der Waals surface area contributed by atoms with E-state index in [4.69, 9.17) is 5.73 Å². The minimum absolute atomic E-state index is 0.0296. The van der Waals surface area contributed by atoms with Crippen LogP contribution in [0.3, 0.4) is 0 Å². The van der Waals surface area contributed by atoms with Crippen LogP contribution in [-0.4, -0.2) is 40.3 Å². The SMILES string of the molecule is Cc1cnc2c(S(C)(=O)=O)cc(Cn3cc(C(=O)NCc4c(C)cc(N)nc4C)c(C#N)n3)cc2c1. The van der Waals surface area contributed by atoms with Gasteiger partial charge in [-0.05, 0) is 67.3 Å². The molecule has 0 saturated heterocycles. The number of nitrogen functional groups attached to an aromatic ring is 1. The van der Waals surface area contributed by atoms with Crippen LogP contribution in [0.4, 0.5) is 5.82 Å². The summed E-state index contributed by atoms with van der Waals surface area (Å²) in [6.45, 7) is 5.95. The van der Waals surface area contributed by atoms with E-state index in [0.29, 0.717) is 28.0 Å². The summed E-state index contributed by atoms with van der Waals surface area (Å²) in [6.07, 6.45) is 4.24. The number of hydrogen-bond donors (Lipinski definition) is 2. The topological polar surface area (TPSA) is 157 Å². The van der Waals surface area contributed by atoms with Crippen LogP contribution in [0.5, 0.6) is 0 Å². The number of carbonyl (C=O) groups excluding carboxylic acids is 1. The molecule has 36 heavy (non-hydrogen) atoms. The van der Waals surface area contributed by atoms with E-state index in [1.807, 2.05) is 39.0 Å². The third kappa shape index (κ3) is 5.04. The lowest BCUT2D eigenvalue weighted by molar-refractivity contribution is 0.0950. The fourth-order valence-electron chi connectivity index (χ4n) is 4.12. The summed E-state index contributed by atoms with van der Waals surface area (Å²) < 4.78 is 26.3. The number of nitrogens with two attached hydrogens (primary N) is 1. The maximum atomic E-state index is 12.9. The van der Waals surface area contributed by atoms with Crippen LogP contribution in [0.25, 0.3) is 10.9 Å². The number of aryl methyl sites for hydroxylation is 3. The van der Waals surface area contributed by atoms with E-state index in [9.17, 15) is 18.5 Å². The number of nitrogens with one attached hydrogen (secondary N) is 1. The highest BCUT2D eigenvalue weighted by atomic mass is 32.2. The fraction of sp³-hybridized carbons (Fsp3) is 0.240. The molecule has 0 atom stereocenters. The summed E-state index contributed by atoms with van der Waals surface area (Å²) in [7, 11) is -3.54. The second-order valence-corrected chi connectivity index (χ2v) is 10.7. The number of rotatable bonds is 6. The van der Waals surface area contributed by atoms with Crippen LogP contribution in [0.1, 0.15) is 44.0 Å². The Balaban J connectivity index is 1.63. The van der Waals surface area contributed by atoms with Gasteiger partial charge in [0.2, 0.25) is 0 Å². The van der Waals surface area contributed by atoms with Crippen molar-refractivity contribution in [1.29, 1.82) is 5.26 Å². The molecule has 11 heteroatoms. The molecule has 1 amide bonds. The Morgan fingerprint density at radius 2 is 1.94 bits per heavy atom. The van der Waals surface area contributed by atoms with E-state index in [-0.39, 0.29) is 29.2 Å². The minimum atomic E-state index is -3.54. The zero-order chi connectivity index (χ0) is 26.2. The van der Waals surface area contributed by atoms with Gasteiger partial charge in [0.1, 0.15) is 11.9 Å². The van der Waals surface area contributed by atoms with Gasteiger partial charge < -0.3 is 11.1 Å². The molecule has 4 aromatic rings. The van der Waals surface area contributed by atoms with Gasteiger partial charge in [0.15, 0.2) is 15.5 Å². The number of nitrogens with zero attached hydrogens (tertiary/aromatic N) is 5. The number of amides is 1. The summed E-state index contributed by atoms with van der Waals surface area (Å²) in [5.74, 6) is -0.0460. The molecule has 0 bridgehead atoms. The molecule has 0 aliphatic rings. The maximum absolute atomic E-state index is 12.9. The Morgan fingerprint density at radius 3 is 2.61 bits per heavy atom. The van der Waals surface area contributed by atoms with Crippen LogP contribution in [0.15, 0.2) is 41.6 Å². The van der Waals surface area contributed by atoms with Gasteiger partial charge in [-0.15, -0.1) is 0 Å². The molecule has 3 heterocycles. The largest absolute Gasteiger partial charge is 0.384 e. The van der Waals surface area contributed by atoms with Crippen molar-refractivity contribution in [3.05, 3.63) is 75.9 Å². The zero-order valence-electron chi connectivity index (χ0n) is 20.3. The molecule has 0 saturated carbocycles. The average Bonchev–Trinajstić information content (AvgIpc) is 3.19. The number of sulfone groups is 1. The van der Waals surface area contributed by atoms with Crippen molar-refractivity contribution in [2.75, 3.05) is 12.0 Å². The van der Waals surface area contributed by atoms with Crippen molar-refractivity contribution in [3.63, 3.8) is 0 Å². The summed E-state index contributed by atoms with van der Waals surface area (Å²) >= 11 is 0. The van der Waals surface area contributed by atoms with Gasteiger partial charge in [-0.3, -0.25) is 14.5 Å². The second-order valence-electron chi connectivity index (χ2n) is 8.76. The summed E-state index contributed by atoms with van der Waals surface area (Å²) in [5, 5.41) is 17.3. The van der Waals surface area contributed by atoms with Crippen LogP contribution in [0.2, 0.25) is 0 Å². The third-order valence-corrected chi connectivity index (χ3v) is 6.91. The van der Waals surface area contributed by atoms with Gasteiger partial charge in [-0.25, -0.2) is 13.4 Å². The van der Waals surface area contributed by atoms with Crippen molar-refractivity contribution < 1.29 is 13.2 Å². The Morgan fingerprint density at radius 1 is 1.19 bits per heavy atom. The van der Waals surface area contributed by atoms with Gasteiger partial charge in [0.25, 0.3) is 5.91 Å². The summed E-state index contributed by atoms with van der Waals surface area (Å²) in [5.41, 5.74) is 10.3. The first-order valence-electron chi connectivity index (χ1n) is 11.0. The number of aromatic nitrogens is 4. The first kappa shape index (κ1) is 24.8. The fourth-order valence-corrected chi connectivity index (χ4v) is 5.00. The van der Waals surface area contributed by atoms with E-state index in [0.717, 1.165) is 22.9 Å². The maximum Gasteiger partial charge on any atom is 0.256 e. The van der Waals surface area contributed by atoms with Gasteiger partial charge in [0, 0.05) is 36.3 Å². The predicted octanol–water partition coefficient (Wildman–Crippen LogP) is 2.59. The first-order chi connectivity index (χ1) is 17.0. The highest BCUT2D eigenvalue weighted by molar-refractivity contribution is 7.91. The Hall–Kier alpha value is -4.30. The molecule has 0 aliphatic carbocycles. The molecule has 0 fully saturated rings. The van der Waals surface area contributed by atoms with E-state index < -0.39 is 15.7 Å². The molecule has 0 aliphatic heterocycles. The molecule has 0 unspecified atom stereocenters. The molecule has 3 N–H and O–H groups in total. The lowest BCUT2D eigenvalue weighted by Crippen LogP contribution is -2.24. The van der Waals surface area contributed by atoms with E-state index in [2.05, 4.69) is 20.4 Å². The zero-order valence-corrected chi connectivity index (χ0v) is 21.1. The molecule has 10 nitrogen and oxygen atoms in total. The van der Waals surface area contributed by atoms with Crippen molar-refractivity contribution >= 4 is 32.5 Å². The molecule has 0 spiro atoms. The van der Waals surface area contributed by atoms with E-state index in [1.54, 1.807) is 18.3 Å². The Labute approximate surface area is 208 Å². The second kappa shape index (κ2) is 9.39. The van der Waals surface area contributed by atoms with E-state index in [1.165, 1.54) is 10.9 Å². The number of carbonyl (C=O) groups is 1. The average molecular weight is 504 g/mol.